The van der Waals surface area contributed by atoms with E-state index in [-0.39, 0.29) is 114 Å². The first kappa shape index (κ1) is 39.2. The van der Waals surface area contributed by atoms with E-state index in [2.05, 4.69) is 20.5 Å². The van der Waals surface area contributed by atoms with Crippen LogP contribution in [0.2, 0.25) is 0 Å². The molecule has 3 aromatic carbocycles. The second kappa shape index (κ2) is 16.7. The van der Waals surface area contributed by atoms with Crippen molar-refractivity contribution in [3.05, 3.63) is 103 Å². The van der Waals surface area contributed by atoms with Crippen LogP contribution < -0.4 is 112 Å². The van der Waals surface area contributed by atoms with E-state index >= 15 is 0 Å². The summed E-state index contributed by atoms with van der Waals surface area (Å²) in [6.07, 6.45) is 3.82. The van der Waals surface area contributed by atoms with Crippen molar-refractivity contribution >= 4 is 37.7 Å². The molecule has 1 aliphatic rings. The molecule has 1 atom stereocenters. The van der Waals surface area contributed by atoms with E-state index in [4.69, 9.17) is 9.47 Å². The summed E-state index contributed by atoms with van der Waals surface area (Å²) in [7, 11) is -8.73. The van der Waals surface area contributed by atoms with Gasteiger partial charge in [0.2, 0.25) is 5.66 Å². The van der Waals surface area contributed by atoms with Gasteiger partial charge < -0.3 is 18.6 Å². The second-order valence-electron chi connectivity index (χ2n) is 9.23. The summed E-state index contributed by atoms with van der Waals surface area (Å²) in [6, 6.07) is 21.1. The largest absolute Gasteiger partial charge is 1.00 e. The Hall–Kier alpha value is -0.967. The molecule has 4 rings (SSSR count). The molecule has 0 amide bonds. The maximum Gasteiger partial charge on any atom is 1.00 e. The van der Waals surface area contributed by atoms with E-state index in [0.29, 0.717) is 17.1 Å². The van der Waals surface area contributed by atoms with Gasteiger partial charge in [0, 0.05) is 12.3 Å². The maximum atomic E-state index is 12.8. The van der Waals surface area contributed by atoms with Crippen molar-refractivity contribution in [2.24, 2.45) is 26.4 Å². The standard InChI is InChI=1S/C28H28N4O8S2.2K/c1-39-25-14-10-23(11-15-25)29-31-27(32-30-24-12-16-26(40-2)17-13-24)19-18-22(9-8-21-6-4-3-5-7-21)28(20-27,41(33,34)35)42(36,37)38;;/h3-19,22H,20H2,1-2H3,(H,33,34,35)(H,36,37,38);;/q;2*+1/p-2. The first-order chi connectivity index (χ1) is 19.9. The van der Waals surface area contributed by atoms with E-state index in [1.165, 1.54) is 56.7 Å². The number of ether oxygens (including phenoxy) is 2. The number of methoxy groups -OCH3 is 2. The Morgan fingerprint density at radius 1 is 0.750 bits per heavy atom. The zero-order chi connectivity index (χ0) is 30.4. The number of rotatable bonds is 10. The fraction of sp³-hybridized carbons (Fsp3) is 0.214. The number of azo groups is 2. The van der Waals surface area contributed by atoms with E-state index in [0.717, 1.165) is 6.08 Å². The minimum atomic E-state index is -5.84. The third-order valence-electron chi connectivity index (χ3n) is 6.55. The van der Waals surface area contributed by atoms with Gasteiger partial charge in [0.15, 0.2) is 4.08 Å². The van der Waals surface area contributed by atoms with Gasteiger partial charge in [-0.1, -0.05) is 48.6 Å². The van der Waals surface area contributed by atoms with Crippen LogP contribution in [0.3, 0.4) is 0 Å². The van der Waals surface area contributed by atoms with Crippen molar-refractivity contribution < 1.29 is 138 Å². The van der Waals surface area contributed by atoms with Crippen LogP contribution in [0.25, 0.3) is 6.08 Å². The SMILES string of the molecule is COc1ccc(N=NC2(N=Nc3ccc(OC)cc3)C=CC(C=Cc3ccccc3)C(S(=O)(=O)[O-])(S(=O)(=O)[O-])C2)cc1.[K+].[K+]. The number of hydrogen-bond acceptors (Lipinski definition) is 12. The fourth-order valence-electron chi connectivity index (χ4n) is 4.31. The van der Waals surface area contributed by atoms with Gasteiger partial charge in [-0.15, -0.1) is 0 Å². The molecule has 0 saturated heterocycles. The van der Waals surface area contributed by atoms with Crippen molar-refractivity contribution in [3.63, 3.8) is 0 Å². The monoisotopic (exact) mass is 688 g/mol. The van der Waals surface area contributed by atoms with Crippen LogP contribution in [0.15, 0.2) is 118 Å². The van der Waals surface area contributed by atoms with Gasteiger partial charge in [0.25, 0.3) is 0 Å². The molecule has 0 radical (unpaired) electrons. The molecule has 3 aromatic rings. The maximum absolute atomic E-state index is 12.8. The molecule has 0 spiro atoms. The average Bonchev–Trinajstić information content (AvgIpc) is 2.98. The van der Waals surface area contributed by atoms with Gasteiger partial charge in [-0.05, 0) is 60.2 Å². The molecule has 0 fully saturated rings. The normalized spacial score (nSPS) is 19.9. The summed E-state index contributed by atoms with van der Waals surface area (Å²) in [4.78, 5) is 0. The Morgan fingerprint density at radius 3 is 1.61 bits per heavy atom. The average molecular weight is 689 g/mol. The van der Waals surface area contributed by atoms with E-state index < -0.39 is 42.3 Å². The van der Waals surface area contributed by atoms with Gasteiger partial charge in [-0.25, -0.2) is 16.8 Å². The molecule has 0 aliphatic heterocycles. The third-order valence-corrected chi connectivity index (χ3v) is 10.3. The molecule has 12 nitrogen and oxygen atoms in total. The van der Waals surface area contributed by atoms with Crippen LogP contribution in [-0.4, -0.2) is 49.9 Å². The Labute approximate surface area is 341 Å². The zero-order valence-electron chi connectivity index (χ0n) is 24.5. The molecule has 0 bridgehead atoms. The van der Waals surface area contributed by atoms with Gasteiger partial charge in [-0.2, -0.15) is 20.5 Å². The predicted octanol–water partition coefficient (Wildman–Crippen LogP) is -0.648. The van der Waals surface area contributed by atoms with Crippen molar-refractivity contribution in [2.45, 2.75) is 16.2 Å². The molecule has 1 aliphatic carbocycles. The number of benzene rings is 3. The van der Waals surface area contributed by atoms with Crippen molar-refractivity contribution in [2.75, 3.05) is 14.2 Å². The smallest absolute Gasteiger partial charge is 0.747 e. The summed E-state index contributed by atoms with van der Waals surface area (Å²) in [5.74, 6) is -0.604. The molecular weight excluding hydrogens is 663 g/mol. The topological polar surface area (TPSA) is 182 Å². The minimum absolute atomic E-state index is 0. The van der Waals surface area contributed by atoms with E-state index in [1.807, 2.05) is 0 Å². The minimum Gasteiger partial charge on any atom is -0.747 e. The van der Waals surface area contributed by atoms with Gasteiger partial charge in [0.05, 0.1) is 25.6 Å². The van der Waals surface area contributed by atoms with Crippen molar-refractivity contribution in [3.8, 4) is 11.5 Å². The van der Waals surface area contributed by atoms with Gasteiger partial charge >= 0.3 is 103 Å². The summed E-state index contributed by atoms with van der Waals surface area (Å²) in [5, 5.41) is 16.5. The van der Waals surface area contributed by atoms with E-state index in [1.54, 1.807) is 54.6 Å². The van der Waals surface area contributed by atoms with Crippen LogP contribution in [0.4, 0.5) is 11.4 Å². The predicted molar refractivity (Wildman–Crippen MR) is 153 cm³/mol. The number of allylic oxidation sites excluding steroid dienone is 2. The number of hydrogen-bond donors (Lipinski definition) is 0. The molecule has 0 heterocycles. The molecule has 0 aromatic heterocycles. The second-order valence-corrected chi connectivity index (χ2v) is 12.8. The number of nitrogens with zero attached hydrogens (tertiary/aromatic N) is 4. The van der Waals surface area contributed by atoms with Crippen LogP contribution in [0.1, 0.15) is 12.0 Å². The van der Waals surface area contributed by atoms with Gasteiger partial charge in [0.1, 0.15) is 31.7 Å². The molecule has 16 heteroatoms. The third kappa shape index (κ3) is 9.31. The van der Waals surface area contributed by atoms with Crippen molar-refractivity contribution in [1.82, 2.24) is 0 Å². The van der Waals surface area contributed by atoms with Crippen LogP contribution >= 0.6 is 0 Å². The van der Waals surface area contributed by atoms with Crippen molar-refractivity contribution in [1.29, 1.82) is 0 Å². The first-order valence-corrected chi connectivity index (χ1v) is 15.2. The Balaban J connectivity index is 0.00000337. The molecule has 220 valence electrons. The van der Waals surface area contributed by atoms with Gasteiger partial charge in [-0.3, -0.25) is 0 Å². The first-order valence-electron chi connectivity index (χ1n) is 12.4. The summed E-state index contributed by atoms with van der Waals surface area (Å²) in [5.41, 5.74) is -1.03. The molecular formula is C28H26K2N4O8S2. The molecule has 44 heavy (non-hydrogen) atoms. The summed E-state index contributed by atoms with van der Waals surface area (Å²) >= 11 is 0. The molecule has 0 N–H and O–H groups in total. The summed E-state index contributed by atoms with van der Waals surface area (Å²) in [6.45, 7) is 0. The summed E-state index contributed by atoms with van der Waals surface area (Å²) < 4.78 is 83.5. The molecule has 0 saturated carbocycles. The van der Waals surface area contributed by atoms with E-state index in [9.17, 15) is 25.9 Å². The Bertz CT molecular complexity index is 1640. The quantitative estimate of drug-likeness (QED) is 0.117. The zero-order valence-corrected chi connectivity index (χ0v) is 32.3. The van der Waals surface area contributed by atoms with Crippen LogP contribution in [0.5, 0.6) is 11.5 Å². The Kier molecular flexibility index (Phi) is 14.9. The Morgan fingerprint density at radius 2 is 1.20 bits per heavy atom. The fourth-order valence-corrected chi connectivity index (χ4v) is 7.07. The van der Waals surface area contributed by atoms with Crippen LogP contribution in [0, 0.1) is 5.92 Å². The molecule has 1 unspecified atom stereocenters. The van der Waals surface area contributed by atoms with Crippen LogP contribution in [-0.2, 0) is 20.2 Å².